The predicted octanol–water partition coefficient (Wildman–Crippen LogP) is 3.03. The monoisotopic (exact) mass is 378 g/mol. The zero-order chi connectivity index (χ0) is 19.3. The van der Waals surface area contributed by atoms with Crippen LogP contribution in [0.5, 0.6) is 0 Å². The molecule has 2 aromatic carbocycles. The number of anilines is 1. The fourth-order valence-electron chi connectivity index (χ4n) is 3.26. The van der Waals surface area contributed by atoms with Crippen molar-refractivity contribution >= 4 is 11.8 Å². The summed E-state index contributed by atoms with van der Waals surface area (Å²) in [7, 11) is 0. The second kappa shape index (κ2) is 8.04. The first-order chi connectivity index (χ1) is 13.7. The van der Waals surface area contributed by atoms with Gasteiger partial charge in [-0.15, -0.1) is 0 Å². The zero-order valence-corrected chi connectivity index (χ0v) is 15.3. The van der Waals surface area contributed by atoms with Crippen molar-refractivity contribution in [1.29, 1.82) is 0 Å². The number of ether oxygens (including phenoxy) is 1. The first-order valence-electron chi connectivity index (χ1n) is 9.27. The van der Waals surface area contributed by atoms with Crippen molar-refractivity contribution in [2.75, 3.05) is 5.32 Å². The van der Waals surface area contributed by atoms with E-state index >= 15 is 0 Å². The summed E-state index contributed by atoms with van der Waals surface area (Å²) in [5.74, 6) is 0. The van der Waals surface area contributed by atoms with Crippen LogP contribution >= 0.6 is 0 Å². The molecular formula is C21H22N4O3. The number of benzene rings is 2. The van der Waals surface area contributed by atoms with Gasteiger partial charge in [0.25, 0.3) is 0 Å². The number of rotatable bonds is 6. The first kappa shape index (κ1) is 17.9. The molecule has 4 rings (SSSR count). The largest absolute Gasteiger partial charge is 0.445 e. The molecule has 0 saturated heterocycles. The highest BCUT2D eigenvalue weighted by atomic mass is 16.5. The third-order valence-electron chi connectivity index (χ3n) is 4.84. The van der Waals surface area contributed by atoms with Gasteiger partial charge >= 0.3 is 11.8 Å². The Morgan fingerprint density at radius 1 is 1.07 bits per heavy atom. The van der Waals surface area contributed by atoms with Crippen molar-refractivity contribution in [3.05, 3.63) is 83.0 Å². The molecule has 3 aromatic rings. The Bertz CT molecular complexity index is 973. The molecule has 0 radical (unpaired) electrons. The smallest absolute Gasteiger partial charge is 0.407 e. The van der Waals surface area contributed by atoms with E-state index in [1.807, 2.05) is 54.6 Å². The van der Waals surface area contributed by atoms with E-state index in [9.17, 15) is 9.59 Å². The minimum atomic E-state index is -0.381. The van der Waals surface area contributed by atoms with Gasteiger partial charge < -0.3 is 20.4 Å². The van der Waals surface area contributed by atoms with Gasteiger partial charge in [0, 0.05) is 30.2 Å². The summed E-state index contributed by atoms with van der Waals surface area (Å²) in [5, 5.41) is 6.33. The number of alkyl carbamates (subject to hydrolysis) is 1. The van der Waals surface area contributed by atoms with E-state index in [1.54, 1.807) is 17.0 Å². The minimum Gasteiger partial charge on any atom is -0.445 e. The van der Waals surface area contributed by atoms with Crippen molar-refractivity contribution < 1.29 is 9.53 Å². The van der Waals surface area contributed by atoms with Crippen molar-refractivity contribution in [2.45, 2.75) is 31.5 Å². The number of carbonyl (C=O) groups excluding carboxylic acids is 1. The van der Waals surface area contributed by atoms with E-state index < -0.39 is 0 Å². The molecule has 0 unspecified atom stereocenters. The van der Waals surface area contributed by atoms with Gasteiger partial charge in [0.1, 0.15) is 6.61 Å². The summed E-state index contributed by atoms with van der Waals surface area (Å²) in [4.78, 5) is 26.1. The lowest BCUT2D eigenvalue weighted by Gasteiger charge is -2.36. The maximum Gasteiger partial charge on any atom is 0.407 e. The van der Waals surface area contributed by atoms with E-state index in [4.69, 9.17) is 4.74 Å². The molecule has 144 valence electrons. The maximum atomic E-state index is 11.9. The fourth-order valence-corrected chi connectivity index (χ4v) is 3.26. The summed E-state index contributed by atoms with van der Waals surface area (Å²) in [6, 6.07) is 17.7. The number of aromatic amines is 1. The quantitative estimate of drug-likeness (QED) is 0.615. The second-order valence-corrected chi connectivity index (χ2v) is 6.90. The van der Waals surface area contributed by atoms with Gasteiger partial charge in [-0.3, -0.25) is 4.57 Å². The van der Waals surface area contributed by atoms with Gasteiger partial charge in [0.15, 0.2) is 0 Å². The van der Waals surface area contributed by atoms with E-state index in [1.165, 1.54) is 0 Å². The number of H-pyrrole nitrogens is 1. The Balaban J connectivity index is 1.20. The molecule has 0 spiro atoms. The zero-order valence-electron chi connectivity index (χ0n) is 15.3. The van der Waals surface area contributed by atoms with Crippen molar-refractivity contribution in [1.82, 2.24) is 14.9 Å². The second-order valence-electron chi connectivity index (χ2n) is 6.90. The number of imidazole rings is 1. The standard InChI is InChI=1S/C21H22N4O3/c26-20-22-10-11-25(20)19-8-6-16(7-9-19)23-17-12-18(13-17)24-21(27)28-14-15-4-2-1-3-5-15/h1-11,17-18,23H,12-14H2,(H,22,26)(H,24,27). The van der Waals surface area contributed by atoms with Crippen molar-refractivity contribution in [3.8, 4) is 5.69 Å². The van der Waals surface area contributed by atoms with Crippen LogP contribution in [-0.4, -0.2) is 27.7 Å². The Kier molecular flexibility index (Phi) is 5.14. The van der Waals surface area contributed by atoms with Crippen LogP contribution in [0, 0.1) is 0 Å². The Morgan fingerprint density at radius 2 is 1.82 bits per heavy atom. The lowest BCUT2D eigenvalue weighted by molar-refractivity contribution is 0.129. The van der Waals surface area contributed by atoms with Crippen molar-refractivity contribution in [2.24, 2.45) is 0 Å². The summed E-state index contributed by atoms with van der Waals surface area (Å²) >= 11 is 0. The SMILES string of the molecule is O=C(NC1CC(Nc2ccc(-n3cc[nH]c3=O)cc2)C1)OCc1ccccc1. The highest BCUT2D eigenvalue weighted by Gasteiger charge is 2.30. The van der Waals surface area contributed by atoms with Crippen LogP contribution in [0.1, 0.15) is 18.4 Å². The Labute approximate surface area is 162 Å². The topological polar surface area (TPSA) is 88.2 Å². The molecule has 1 aliphatic carbocycles. The van der Waals surface area contributed by atoms with Crippen LogP contribution in [0.2, 0.25) is 0 Å². The van der Waals surface area contributed by atoms with E-state index in [0.717, 1.165) is 29.8 Å². The number of nitrogens with zero attached hydrogens (tertiary/aromatic N) is 1. The molecule has 0 aliphatic heterocycles. The van der Waals surface area contributed by atoms with Crippen LogP contribution < -0.4 is 16.3 Å². The number of carbonyl (C=O) groups is 1. The third-order valence-corrected chi connectivity index (χ3v) is 4.84. The van der Waals surface area contributed by atoms with Crippen LogP contribution in [0.3, 0.4) is 0 Å². The number of amides is 1. The highest BCUT2D eigenvalue weighted by Crippen LogP contribution is 2.25. The molecule has 1 fully saturated rings. The molecule has 0 atom stereocenters. The fraction of sp³-hybridized carbons (Fsp3) is 0.238. The van der Waals surface area contributed by atoms with E-state index in [2.05, 4.69) is 15.6 Å². The average Bonchev–Trinajstić information content (AvgIpc) is 3.12. The lowest BCUT2D eigenvalue weighted by atomic mass is 9.86. The molecule has 1 aromatic heterocycles. The molecule has 28 heavy (non-hydrogen) atoms. The molecule has 7 heteroatoms. The van der Waals surface area contributed by atoms with Crippen LogP contribution in [-0.2, 0) is 11.3 Å². The minimum absolute atomic E-state index is 0.124. The average molecular weight is 378 g/mol. The van der Waals surface area contributed by atoms with Gasteiger partial charge in [-0.05, 0) is 42.7 Å². The molecule has 1 saturated carbocycles. The first-order valence-corrected chi connectivity index (χ1v) is 9.27. The molecule has 1 heterocycles. The van der Waals surface area contributed by atoms with Crippen molar-refractivity contribution in [3.63, 3.8) is 0 Å². The molecule has 0 bridgehead atoms. The summed E-state index contributed by atoms with van der Waals surface area (Å²) in [5.41, 5.74) is 2.61. The Morgan fingerprint density at radius 3 is 2.50 bits per heavy atom. The Hall–Kier alpha value is -3.48. The normalized spacial score (nSPS) is 18.1. The highest BCUT2D eigenvalue weighted by molar-refractivity contribution is 5.67. The van der Waals surface area contributed by atoms with Crippen LogP contribution in [0.15, 0.2) is 71.8 Å². The lowest BCUT2D eigenvalue weighted by Crippen LogP contribution is -2.49. The number of hydrogen-bond acceptors (Lipinski definition) is 4. The number of aromatic nitrogens is 2. The third kappa shape index (κ3) is 4.25. The van der Waals surface area contributed by atoms with Gasteiger partial charge in [0.05, 0.1) is 5.69 Å². The summed E-state index contributed by atoms with van der Waals surface area (Å²) in [6.45, 7) is 0.275. The van der Waals surface area contributed by atoms with E-state index in [0.29, 0.717) is 6.04 Å². The van der Waals surface area contributed by atoms with Gasteiger partial charge in [-0.2, -0.15) is 0 Å². The predicted molar refractivity (Wildman–Crippen MR) is 107 cm³/mol. The number of nitrogens with one attached hydrogen (secondary N) is 3. The molecular weight excluding hydrogens is 356 g/mol. The number of hydrogen-bond donors (Lipinski definition) is 3. The molecule has 1 aliphatic rings. The summed E-state index contributed by atoms with van der Waals surface area (Å²) < 4.78 is 6.80. The van der Waals surface area contributed by atoms with Gasteiger partial charge in [-0.25, -0.2) is 9.59 Å². The molecule has 3 N–H and O–H groups in total. The maximum absolute atomic E-state index is 11.9. The van der Waals surface area contributed by atoms with Crippen LogP contribution in [0.4, 0.5) is 10.5 Å². The van der Waals surface area contributed by atoms with Gasteiger partial charge in [-0.1, -0.05) is 30.3 Å². The van der Waals surface area contributed by atoms with E-state index in [-0.39, 0.29) is 24.4 Å². The molecule has 1 amide bonds. The molecule has 7 nitrogen and oxygen atoms in total. The van der Waals surface area contributed by atoms with Crippen LogP contribution in [0.25, 0.3) is 5.69 Å². The van der Waals surface area contributed by atoms with Gasteiger partial charge in [0.2, 0.25) is 0 Å². The summed E-state index contributed by atoms with van der Waals surface area (Å²) in [6.07, 6.45) is 4.62.